The Kier molecular flexibility index (Phi) is 9.55. The van der Waals surface area contributed by atoms with Crippen LogP contribution in [0.5, 0.6) is 0 Å². The van der Waals surface area contributed by atoms with E-state index in [-0.39, 0.29) is 25.6 Å². The first-order chi connectivity index (χ1) is 10.7. The average Bonchev–Trinajstić information content (AvgIpc) is 2.43. The van der Waals surface area contributed by atoms with Gasteiger partial charge in [0.05, 0.1) is 12.2 Å². The smallest absolute Gasteiger partial charge is 0.259 e. The molecule has 0 amide bonds. The first kappa shape index (κ1) is 19.9. The zero-order valence-electron chi connectivity index (χ0n) is 15.7. The van der Waals surface area contributed by atoms with Crippen molar-refractivity contribution in [2.24, 2.45) is 0 Å². The molecule has 126 valence electrons. The lowest BCUT2D eigenvalue weighted by molar-refractivity contribution is -0.0597. The van der Waals surface area contributed by atoms with Gasteiger partial charge in [-0.1, -0.05) is 0 Å². The minimum atomic E-state index is -1.32. The van der Waals surface area contributed by atoms with E-state index < -0.39 is 20.1 Å². The number of nitrogens with zero attached hydrogens (tertiary/aromatic N) is 2. The molecule has 0 heterocycles. The molecule has 0 aromatic heterocycles. The molecule has 0 aliphatic heterocycles. The molecule has 0 saturated heterocycles. The Morgan fingerprint density at radius 2 is 1.86 bits per heavy atom. The largest absolute Gasteiger partial charge is 0.380 e. The summed E-state index contributed by atoms with van der Waals surface area (Å²) in [6.07, 6.45) is 0. The molecule has 0 rings (SSSR count). The molecule has 0 bridgehead atoms. The number of rotatable bonds is 11. The second kappa shape index (κ2) is 10.6. The van der Waals surface area contributed by atoms with Crippen molar-refractivity contribution in [3.8, 4) is 0 Å². The van der Waals surface area contributed by atoms with Gasteiger partial charge in [0.2, 0.25) is 6.54 Å². The van der Waals surface area contributed by atoms with Crippen LogP contribution in [0.2, 0.25) is 0 Å². The van der Waals surface area contributed by atoms with Crippen molar-refractivity contribution in [2.45, 2.75) is 72.1 Å². The van der Waals surface area contributed by atoms with Crippen molar-refractivity contribution in [3.05, 3.63) is 11.4 Å². The summed E-state index contributed by atoms with van der Waals surface area (Å²) in [6, 6.07) is 0.0193. The van der Waals surface area contributed by atoms with Gasteiger partial charge < -0.3 is 18.6 Å². The highest BCUT2D eigenvalue weighted by Gasteiger charge is 2.30. The van der Waals surface area contributed by atoms with Crippen molar-refractivity contribution in [2.75, 3.05) is 19.8 Å². The molecule has 5 nitrogen and oxygen atoms in total. The van der Waals surface area contributed by atoms with Gasteiger partial charge in [-0.15, -0.1) is 0 Å². The molecule has 3 atom stereocenters. The van der Waals surface area contributed by atoms with Crippen LogP contribution >= 0.6 is 8.53 Å². The lowest BCUT2D eigenvalue weighted by atomic mass is 10.0. The predicted molar refractivity (Wildman–Crippen MR) is 92.8 cm³/mol. The van der Waals surface area contributed by atoms with E-state index in [9.17, 15) is 0 Å². The summed E-state index contributed by atoms with van der Waals surface area (Å²) < 4.78 is 27.3. The van der Waals surface area contributed by atoms with Crippen molar-refractivity contribution >= 4 is 16.4 Å². The van der Waals surface area contributed by atoms with E-state index >= 15 is 0 Å². The number of ether oxygens (including phenoxy) is 1. The minimum Gasteiger partial charge on any atom is -0.380 e. The van der Waals surface area contributed by atoms with Crippen LogP contribution in [0.4, 0.5) is 0 Å². The highest BCUT2D eigenvalue weighted by Crippen LogP contribution is 2.46. The van der Waals surface area contributed by atoms with Gasteiger partial charge in [-0.2, -0.15) is 0 Å². The Morgan fingerprint density at radius 1 is 1.27 bits per heavy atom. The van der Waals surface area contributed by atoms with Crippen LogP contribution in [-0.2, 0) is 13.8 Å². The molecule has 0 aliphatic carbocycles. The second-order valence-electron chi connectivity index (χ2n) is 6.07. The Hall–Kier alpha value is -0.175. The van der Waals surface area contributed by atoms with E-state index in [4.69, 9.17) is 29.6 Å². The lowest BCUT2D eigenvalue weighted by Gasteiger charge is -2.37. The number of hydrogen-bond acceptors (Lipinski definition) is 4. The van der Waals surface area contributed by atoms with Crippen molar-refractivity contribution in [1.82, 2.24) is 4.67 Å². The maximum atomic E-state index is 7.69. The molecule has 0 fully saturated rings. The molecule has 0 aromatic rings. The fourth-order valence-electron chi connectivity index (χ4n) is 1.98. The van der Waals surface area contributed by atoms with Crippen LogP contribution in [0.15, 0.2) is 0 Å². The lowest BCUT2D eigenvalue weighted by Crippen LogP contribution is -2.37. The molecule has 2 radical (unpaired) electrons. The predicted octanol–water partition coefficient (Wildman–Crippen LogP) is 3.59. The van der Waals surface area contributed by atoms with E-state index in [0.717, 1.165) is 0 Å². The van der Waals surface area contributed by atoms with Crippen LogP contribution in [-0.4, -0.2) is 56.0 Å². The fraction of sp³-hybridized carbons (Fsp3) is 0.933. The van der Waals surface area contributed by atoms with Crippen LogP contribution in [0.25, 0.3) is 4.85 Å². The molecule has 7 heteroatoms. The molecule has 1 unspecified atom stereocenters. The van der Waals surface area contributed by atoms with E-state index in [0.29, 0.717) is 13.2 Å². The molecular weight excluding hydrogens is 298 g/mol. The SMILES string of the molecule is [2H]C[C@](C)(COP(OCC[N+]#[C-])N(C(C)C)C(C)C)O[C@@H]([B])C. The molecule has 0 N–H and O–H groups in total. The van der Waals surface area contributed by atoms with Crippen molar-refractivity contribution in [1.29, 1.82) is 0 Å². The maximum absolute atomic E-state index is 7.69. The van der Waals surface area contributed by atoms with Gasteiger partial charge in [0, 0.05) is 19.5 Å². The highest BCUT2D eigenvalue weighted by atomic mass is 31.2. The molecule has 0 spiro atoms. The van der Waals surface area contributed by atoms with Crippen molar-refractivity contribution < 1.29 is 15.2 Å². The second-order valence-corrected chi connectivity index (χ2v) is 7.52. The summed E-state index contributed by atoms with van der Waals surface area (Å²) in [4.78, 5) is 3.31. The topological polar surface area (TPSA) is 35.3 Å². The van der Waals surface area contributed by atoms with E-state index in [1.807, 2.05) is 6.92 Å². The molecule has 0 aliphatic rings. The minimum absolute atomic E-state index is 0.0448. The summed E-state index contributed by atoms with van der Waals surface area (Å²) >= 11 is 0. The van der Waals surface area contributed by atoms with Crippen LogP contribution in [0.1, 0.15) is 49.8 Å². The molecule has 22 heavy (non-hydrogen) atoms. The summed E-state index contributed by atoms with van der Waals surface area (Å²) in [5.41, 5.74) is -0.780. The Morgan fingerprint density at radius 3 is 2.27 bits per heavy atom. The molecule has 0 aromatic carbocycles. The first-order valence-electron chi connectivity index (χ1n) is 8.27. The van der Waals surface area contributed by atoms with Crippen molar-refractivity contribution in [3.63, 3.8) is 0 Å². The highest BCUT2D eigenvalue weighted by molar-refractivity contribution is 7.44. The third-order valence-corrected chi connectivity index (χ3v) is 4.66. The first-order valence-corrected chi connectivity index (χ1v) is 8.70. The van der Waals surface area contributed by atoms with Gasteiger partial charge in [0.1, 0.15) is 14.5 Å². The van der Waals surface area contributed by atoms with Gasteiger partial charge in [-0.25, -0.2) is 11.2 Å². The van der Waals surface area contributed by atoms with Crippen LogP contribution in [0, 0.1) is 6.57 Å². The normalized spacial score (nSPS) is 18.1. The van der Waals surface area contributed by atoms with Gasteiger partial charge in [-0.05, 0) is 48.4 Å². The molecular formula is C15H30BN2O3P. The standard InChI is InChI=1S/C15H30BN2O3P/c1-12(2)18(13(3)4)22(19-10-9-17-8)20-11-15(6,7)21-14(5)16/h12-14H,9-11H2,1-7H3/t14-,22?/m1/s1/i6D/t14-,15+,22?. The Bertz CT molecular complexity index is 361. The maximum Gasteiger partial charge on any atom is 0.259 e. The zero-order chi connectivity index (χ0) is 18.0. The van der Waals surface area contributed by atoms with E-state index in [1.54, 1.807) is 6.92 Å². The quantitative estimate of drug-likeness (QED) is 0.251. The third kappa shape index (κ3) is 9.07. The summed E-state index contributed by atoms with van der Waals surface area (Å²) in [5.74, 6) is 0. The van der Waals surface area contributed by atoms with Gasteiger partial charge in [0.25, 0.3) is 8.53 Å². The fourth-order valence-corrected chi connectivity index (χ4v) is 3.70. The summed E-state index contributed by atoms with van der Waals surface area (Å²) in [5, 5.41) is 0. The van der Waals surface area contributed by atoms with Gasteiger partial charge in [0.15, 0.2) is 0 Å². The number of hydrogen-bond donors (Lipinski definition) is 0. The monoisotopic (exact) mass is 329 g/mol. The summed E-state index contributed by atoms with van der Waals surface area (Å²) in [6.45, 7) is 19.6. The van der Waals surface area contributed by atoms with Crippen LogP contribution < -0.4 is 0 Å². The summed E-state index contributed by atoms with van der Waals surface area (Å²) in [7, 11) is 4.36. The average molecular weight is 329 g/mol. The Balaban J connectivity index is 4.95. The van der Waals surface area contributed by atoms with E-state index in [2.05, 4.69) is 37.2 Å². The Labute approximate surface area is 140 Å². The van der Waals surface area contributed by atoms with E-state index in [1.165, 1.54) is 0 Å². The zero-order valence-corrected chi connectivity index (χ0v) is 15.6. The van der Waals surface area contributed by atoms with Gasteiger partial charge in [-0.3, -0.25) is 0 Å². The molecule has 0 saturated carbocycles. The van der Waals surface area contributed by atoms with Crippen LogP contribution in [0.3, 0.4) is 0 Å². The van der Waals surface area contributed by atoms with Gasteiger partial charge >= 0.3 is 0 Å². The third-order valence-electron chi connectivity index (χ3n) is 2.60.